The molecule has 1 saturated heterocycles. The highest BCUT2D eigenvalue weighted by Gasteiger charge is 2.42. The van der Waals surface area contributed by atoms with Gasteiger partial charge in [-0.15, -0.1) is 0 Å². The number of carbonyl (C=O) groups is 1. The largest absolute Gasteiger partial charge is 0.493 e. The molecule has 25 heavy (non-hydrogen) atoms. The Morgan fingerprint density at radius 3 is 2.64 bits per heavy atom. The van der Waals surface area contributed by atoms with Crippen LogP contribution in [0, 0.1) is 5.92 Å². The predicted octanol–water partition coefficient (Wildman–Crippen LogP) is 2.90. The summed E-state index contributed by atoms with van der Waals surface area (Å²) in [4.78, 5) is 12.2. The SMILES string of the molecule is COc1cc(C(C)NC(=O)C2CC(F)(F)CN2)ccc1OCC(C)C. The zero-order valence-electron chi connectivity index (χ0n) is 15.1. The molecule has 1 amide bonds. The van der Waals surface area contributed by atoms with Gasteiger partial charge in [0.05, 0.1) is 32.3 Å². The summed E-state index contributed by atoms with van der Waals surface area (Å²) in [5.74, 6) is -1.66. The van der Waals surface area contributed by atoms with Crippen molar-refractivity contribution in [3.8, 4) is 11.5 Å². The van der Waals surface area contributed by atoms with Gasteiger partial charge in [-0.1, -0.05) is 19.9 Å². The van der Waals surface area contributed by atoms with Gasteiger partial charge in [0.1, 0.15) is 0 Å². The van der Waals surface area contributed by atoms with Crippen LogP contribution in [0.4, 0.5) is 8.78 Å². The molecule has 1 aromatic rings. The average Bonchev–Trinajstić information content (AvgIpc) is 2.92. The van der Waals surface area contributed by atoms with E-state index >= 15 is 0 Å². The molecule has 1 heterocycles. The fourth-order valence-electron chi connectivity index (χ4n) is 2.63. The Morgan fingerprint density at radius 2 is 2.08 bits per heavy atom. The second kappa shape index (κ2) is 7.99. The second-order valence-electron chi connectivity index (χ2n) is 6.84. The van der Waals surface area contributed by atoms with E-state index in [1.165, 1.54) is 0 Å². The Morgan fingerprint density at radius 1 is 1.36 bits per heavy atom. The van der Waals surface area contributed by atoms with Crippen LogP contribution < -0.4 is 20.1 Å². The molecule has 0 spiro atoms. The molecule has 5 nitrogen and oxygen atoms in total. The van der Waals surface area contributed by atoms with Gasteiger partial charge in [0.2, 0.25) is 5.91 Å². The predicted molar refractivity (Wildman–Crippen MR) is 91.2 cm³/mol. The molecule has 0 aliphatic carbocycles. The first kappa shape index (κ1) is 19.4. The fourth-order valence-corrected chi connectivity index (χ4v) is 2.63. The van der Waals surface area contributed by atoms with Gasteiger partial charge < -0.3 is 14.8 Å². The van der Waals surface area contributed by atoms with Gasteiger partial charge in [0.15, 0.2) is 11.5 Å². The van der Waals surface area contributed by atoms with Crippen LogP contribution in [-0.4, -0.2) is 38.1 Å². The maximum absolute atomic E-state index is 13.2. The zero-order chi connectivity index (χ0) is 18.6. The van der Waals surface area contributed by atoms with Crippen LogP contribution in [0.3, 0.4) is 0 Å². The molecule has 1 aliphatic rings. The van der Waals surface area contributed by atoms with Gasteiger partial charge in [-0.3, -0.25) is 10.1 Å². The van der Waals surface area contributed by atoms with Crippen molar-refractivity contribution in [2.45, 2.75) is 45.2 Å². The van der Waals surface area contributed by atoms with E-state index < -0.39 is 30.8 Å². The third-order valence-electron chi connectivity index (χ3n) is 4.04. The molecule has 1 fully saturated rings. The van der Waals surface area contributed by atoms with Crippen molar-refractivity contribution < 1.29 is 23.0 Å². The van der Waals surface area contributed by atoms with Crippen molar-refractivity contribution in [3.05, 3.63) is 23.8 Å². The van der Waals surface area contributed by atoms with Crippen LogP contribution in [0.2, 0.25) is 0 Å². The van der Waals surface area contributed by atoms with Crippen molar-refractivity contribution in [1.29, 1.82) is 0 Å². The number of hydrogen-bond acceptors (Lipinski definition) is 4. The van der Waals surface area contributed by atoms with E-state index in [-0.39, 0.29) is 6.04 Å². The van der Waals surface area contributed by atoms with Crippen LogP contribution >= 0.6 is 0 Å². The molecule has 1 aromatic carbocycles. The monoisotopic (exact) mass is 356 g/mol. The maximum Gasteiger partial charge on any atom is 0.262 e. The summed E-state index contributed by atoms with van der Waals surface area (Å²) in [5.41, 5.74) is 0.812. The van der Waals surface area contributed by atoms with Gasteiger partial charge in [-0.2, -0.15) is 0 Å². The first-order valence-corrected chi connectivity index (χ1v) is 8.44. The molecular formula is C18H26F2N2O3. The van der Waals surface area contributed by atoms with E-state index in [1.807, 2.05) is 6.07 Å². The van der Waals surface area contributed by atoms with Crippen molar-refractivity contribution >= 4 is 5.91 Å². The Kier molecular flexibility index (Phi) is 6.21. The average molecular weight is 356 g/mol. The van der Waals surface area contributed by atoms with Crippen molar-refractivity contribution in [2.75, 3.05) is 20.3 Å². The number of rotatable bonds is 7. The highest BCUT2D eigenvalue weighted by molar-refractivity contribution is 5.82. The van der Waals surface area contributed by atoms with E-state index in [4.69, 9.17) is 9.47 Å². The number of carbonyl (C=O) groups excluding carboxylic acids is 1. The summed E-state index contributed by atoms with van der Waals surface area (Å²) >= 11 is 0. The standard InChI is InChI=1S/C18H26F2N2O3/c1-11(2)9-25-15-6-5-13(7-16(15)24-4)12(3)22-17(23)14-8-18(19,20)10-21-14/h5-7,11-12,14,21H,8-10H2,1-4H3,(H,22,23). The number of amides is 1. The Balaban J connectivity index is 2.01. The lowest BCUT2D eigenvalue weighted by molar-refractivity contribution is -0.124. The molecule has 1 aliphatic heterocycles. The zero-order valence-corrected chi connectivity index (χ0v) is 15.1. The number of alkyl halides is 2. The van der Waals surface area contributed by atoms with Crippen molar-refractivity contribution in [1.82, 2.24) is 10.6 Å². The molecule has 0 saturated carbocycles. The van der Waals surface area contributed by atoms with E-state index in [9.17, 15) is 13.6 Å². The minimum Gasteiger partial charge on any atom is -0.493 e. The molecule has 2 atom stereocenters. The van der Waals surface area contributed by atoms with Gasteiger partial charge in [0.25, 0.3) is 5.92 Å². The fraction of sp³-hybridized carbons (Fsp3) is 0.611. The summed E-state index contributed by atoms with van der Waals surface area (Å²) in [6.45, 7) is 6.02. The van der Waals surface area contributed by atoms with Gasteiger partial charge >= 0.3 is 0 Å². The third kappa shape index (κ3) is 5.29. The second-order valence-corrected chi connectivity index (χ2v) is 6.84. The summed E-state index contributed by atoms with van der Waals surface area (Å²) in [6.07, 6.45) is -0.475. The molecular weight excluding hydrogens is 330 g/mol. The molecule has 2 rings (SSSR count). The number of halogens is 2. The lowest BCUT2D eigenvalue weighted by atomic mass is 10.1. The van der Waals surface area contributed by atoms with Crippen molar-refractivity contribution in [3.63, 3.8) is 0 Å². The summed E-state index contributed by atoms with van der Waals surface area (Å²) in [7, 11) is 1.55. The number of nitrogens with one attached hydrogen (secondary N) is 2. The topological polar surface area (TPSA) is 59.6 Å². The Bertz CT molecular complexity index is 608. The van der Waals surface area contributed by atoms with Crippen LogP contribution in [0.5, 0.6) is 11.5 Å². The van der Waals surface area contributed by atoms with Crippen LogP contribution in [0.1, 0.15) is 38.8 Å². The quantitative estimate of drug-likeness (QED) is 0.789. The summed E-state index contributed by atoms with van der Waals surface area (Å²) in [5, 5.41) is 5.32. The van der Waals surface area contributed by atoms with Gasteiger partial charge in [0, 0.05) is 6.42 Å². The third-order valence-corrected chi connectivity index (χ3v) is 4.04. The molecule has 7 heteroatoms. The molecule has 2 N–H and O–H groups in total. The maximum atomic E-state index is 13.2. The normalized spacial score (nSPS) is 20.4. The van der Waals surface area contributed by atoms with Gasteiger partial charge in [-0.25, -0.2) is 8.78 Å². The lowest BCUT2D eigenvalue weighted by Crippen LogP contribution is -2.41. The Labute approximate surface area is 147 Å². The summed E-state index contributed by atoms with van der Waals surface area (Å²) < 4.78 is 37.5. The van der Waals surface area contributed by atoms with E-state index in [0.29, 0.717) is 24.0 Å². The molecule has 140 valence electrons. The minimum atomic E-state index is -2.83. The number of ether oxygens (including phenoxy) is 2. The number of hydrogen-bond donors (Lipinski definition) is 2. The van der Waals surface area contributed by atoms with Crippen LogP contribution in [0.25, 0.3) is 0 Å². The van der Waals surface area contributed by atoms with E-state index in [1.54, 1.807) is 26.2 Å². The lowest BCUT2D eigenvalue weighted by Gasteiger charge is -2.19. The first-order chi connectivity index (χ1) is 11.7. The number of methoxy groups -OCH3 is 1. The number of benzene rings is 1. The highest BCUT2D eigenvalue weighted by Crippen LogP contribution is 2.31. The minimum absolute atomic E-state index is 0.337. The van der Waals surface area contributed by atoms with Crippen LogP contribution in [-0.2, 0) is 4.79 Å². The molecule has 0 aromatic heterocycles. The smallest absolute Gasteiger partial charge is 0.262 e. The molecule has 2 unspecified atom stereocenters. The van der Waals surface area contributed by atoms with E-state index in [2.05, 4.69) is 24.5 Å². The molecule has 0 radical (unpaired) electrons. The van der Waals surface area contributed by atoms with Crippen LogP contribution in [0.15, 0.2) is 18.2 Å². The van der Waals surface area contributed by atoms with Crippen molar-refractivity contribution in [2.24, 2.45) is 5.92 Å². The molecule has 0 bridgehead atoms. The van der Waals surface area contributed by atoms with Gasteiger partial charge in [-0.05, 0) is 30.5 Å². The highest BCUT2D eigenvalue weighted by atomic mass is 19.3. The summed E-state index contributed by atoms with van der Waals surface area (Å²) in [6, 6.07) is 4.21. The Hall–Kier alpha value is -1.89. The first-order valence-electron chi connectivity index (χ1n) is 8.44. The van der Waals surface area contributed by atoms with E-state index in [0.717, 1.165) is 5.56 Å².